The Labute approximate surface area is 141 Å². The van der Waals surface area contributed by atoms with Crippen LogP contribution in [0.2, 0.25) is 0 Å². The Morgan fingerprint density at radius 2 is 2.22 bits per heavy atom. The summed E-state index contributed by atoms with van der Waals surface area (Å²) < 4.78 is 11.6. The summed E-state index contributed by atoms with van der Waals surface area (Å²) in [7, 11) is 0. The molecule has 23 heavy (non-hydrogen) atoms. The van der Waals surface area contributed by atoms with Crippen molar-refractivity contribution < 1.29 is 14.3 Å². The van der Waals surface area contributed by atoms with Crippen LogP contribution in [-0.2, 0) is 13.0 Å². The number of rotatable bonds is 4. The molecule has 2 aliphatic heterocycles. The molecule has 1 fully saturated rings. The highest BCUT2D eigenvalue weighted by Crippen LogP contribution is 2.35. The van der Waals surface area contributed by atoms with Crippen LogP contribution in [0.5, 0.6) is 11.5 Å². The molecule has 126 valence electrons. The first kappa shape index (κ1) is 16.3. The molecule has 5 nitrogen and oxygen atoms in total. The number of nitrogens with one attached hydrogen (secondary N) is 1. The standard InChI is InChI=1S/C17H24N2O3S/c1-3-21-15-9-13-8-12(2)22-16(13)10-14(15)11-18-17(20)19-4-6-23-7-5-19/h9-10,12H,3-8,11H2,1-2H3,(H,18,20)/t12-/m0/s1. The van der Waals surface area contributed by atoms with Gasteiger partial charge < -0.3 is 19.7 Å². The molecule has 2 heterocycles. The molecular weight excluding hydrogens is 312 g/mol. The summed E-state index contributed by atoms with van der Waals surface area (Å²) in [6.45, 7) is 6.75. The zero-order valence-electron chi connectivity index (χ0n) is 13.8. The van der Waals surface area contributed by atoms with E-state index in [0.29, 0.717) is 13.2 Å². The topological polar surface area (TPSA) is 50.8 Å². The van der Waals surface area contributed by atoms with Crippen molar-refractivity contribution in [2.75, 3.05) is 31.2 Å². The number of hydrogen-bond donors (Lipinski definition) is 1. The van der Waals surface area contributed by atoms with Gasteiger partial charge >= 0.3 is 6.03 Å². The lowest BCUT2D eigenvalue weighted by atomic mass is 10.1. The van der Waals surface area contributed by atoms with Gasteiger partial charge in [-0.15, -0.1) is 0 Å². The molecule has 3 rings (SSSR count). The highest BCUT2D eigenvalue weighted by molar-refractivity contribution is 7.99. The number of carbonyl (C=O) groups excluding carboxylic acids is 1. The quantitative estimate of drug-likeness (QED) is 0.918. The van der Waals surface area contributed by atoms with Crippen LogP contribution in [0.25, 0.3) is 0 Å². The van der Waals surface area contributed by atoms with Crippen molar-refractivity contribution in [1.29, 1.82) is 0 Å². The molecule has 0 aromatic heterocycles. The third-order valence-corrected chi connectivity index (χ3v) is 5.05. The van der Waals surface area contributed by atoms with Gasteiger partial charge in [-0.2, -0.15) is 11.8 Å². The molecule has 1 aromatic rings. The number of carbonyl (C=O) groups is 1. The fourth-order valence-corrected chi connectivity index (χ4v) is 3.86. The molecule has 0 radical (unpaired) electrons. The average Bonchev–Trinajstić information content (AvgIpc) is 2.92. The number of nitrogens with zero attached hydrogens (tertiary/aromatic N) is 1. The van der Waals surface area contributed by atoms with Gasteiger partial charge in [0.25, 0.3) is 0 Å². The molecule has 6 heteroatoms. The maximum absolute atomic E-state index is 12.3. The van der Waals surface area contributed by atoms with E-state index in [2.05, 4.69) is 18.3 Å². The molecule has 0 bridgehead atoms. The predicted octanol–water partition coefficient (Wildman–Crippen LogP) is 2.67. The predicted molar refractivity (Wildman–Crippen MR) is 92.5 cm³/mol. The lowest BCUT2D eigenvalue weighted by Gasteiger charge is -2.26. The minimum Gasteiger partial charge on any atom is -0.494 e. The molecule has 0 saturated carbocycles. The summed E-state index contributed by atoms with van der Waals surface area (Å²) in [5.74, 6) is 3.79. The zero-order valence-corrected chi connectivity index (χ0v) is 14.6. The van der Waals surface area contributed by atoms with Crippen LogP contribution < -0.4 is 14.8 Å². The molecule has 0 spiro atoms. The third-order valence-electron chi connectivity index (χ3n) is 4.11. The van der Waals surface area contributed by atoms with Gasteiger partial charge in [-0.3, -0.25) is 0 Å². The van der Waals surface area contributed by atoms with Gasteiger partial charge in [0.2, 0.25) is 0 Å². The summed E-state index contributed by atoms with van der Waals surface area (Å²) in [6, 6.07) is 4.07. The molecule has 2 aliphatic rings. The van der Waals surface area contributed by atoms with Crippen molar-refractivity contribution in [1.82, 2.24) is 10.2 Å². The Morgan fingerprint density at radius 3 is 2.96 bits per heavy atom. The SMILES string of the molecule is CCOc1cc2c(cc1CNC(=O)N1CCSCC1)O[C@@H](C)C2. The van der Waals surface area contributed by atoms with Gasteiger partial charge in [-0.1, -0.05) is 0 Å². The lowest BCUT2D eigenvalue weighted by molar-refractivity contribution is 0.202. The Kier molecular flexibility index (Phi) is 5.20. The highest BCUT2D eigenvalue weighted by atomic mass is 32.2. The van der Waals surface area contributed by atoms with Crippen LogP contribution >= 0.6 is 11.8 Å². The average molecular weight is 336 g/mol. The first-order valence-corrected chi connectivity index (χ1v) is 9.38. The van der Waals surface area contributed by atoms with E-state index in [-0.39, 0.29) is 12.1 Å². The molecule has 0 unspecified atom stereocenters. The number of fused-ring (bicyclic) bond motifs is 1. The second kappa shape index (κ2) is 7.34. The van der Waals surface area contributed by atoms with Crippen molar-refractivity contribution in [3.63, 3.8) is 0 Å². The van der Waals surface area contributed by atoms with Crippen LogP contribution in [0.4, 0.5) is 4.79 Å². The normalized spacial score (nSPS) is 19.9. The second-order valence-corrected chi connectivity index (χ2v) is 7.12. The van der Waals surface area contributed by atoms with Crippen molar-refractivity contribution in [3.05, 3.63) is 23.3 Å². The van der Waals surface area contributed by atoms with E-state index in [1.165, 1.54) is 5.56 Å². The molecule has 0 aliphatic carbocycles. The smallest absolute Gasteiger partial charge is 0.317 e. The highest BCUT2D eigenvalue weighted by Gasteiger charge is 2.22. The van der Waals surface area contributed by atoms with E-state index < -0.39 is 0 Å². The van der Waals surface area contributed by atoms with Gasteiger partial charge in [-0.05, 0) is 26.0 Å². The van der Waals surface area contributed by atoms with Crippen LogP contribution in [0.15, 0.2) is 12.1 Å². The molecule has 1 aromatic carbocycles. The minimum atomic E-state index is 0.00235. The van der Waals surface area contributed by atoms with E-state index >= 15 is 0 Å². The van der Waals surface area contributed by atoms with Crippen molar-refractivity contribution in [3.8, 4) is 11.5 Å². The second-order valence-electron chi connectivity index (χ2n) is 5.89. The van der Waals surface area contributed by atoms with E-state index in [4.69, 9.17) is 9.47 Å². The third kappa shape index (κ3) is 3.86. The van der Waals surface area contributed by atoms with Crippen molar-refractivity contribution in [2.24, 2.45) is 0 Å². The minimum absolute atomic E-state index is 0.00235. The first-order chi connectivity index (χ1) is 11.2. The first-order valence-electron chi connectivity index (χ1n) is 8.23. The van der Waals surface area contributed by atoms with E-state index in [1.54, 1.807) is 0 Å². The Hall–Kier alpha value is -1.56. The van der Waals surface area contributed by atoms with Gasteiger partial charge in [0.1, 0.15) is 17.6 Å². The monoisotopic (exact) mass is 336 g/mol. The number of amides is 2. The van der Waals surface area contributed by atoms with Gasteiger partial charge in [-0.25, -0.2) is 4.79 Å². The van der Waals surface area contributed by atoms with Crippen LogP contribution in [-0.4, -0.2) is 48.2 Å². The Bertz CT molecular complexity index is 573. The number of urea groups is 1. The number of ether oxygens (including phenoxy) is 2. The largest absolute Gasteiger partial charge is 0.494 e. The number of thioether (sulfide) groups is 1. The zero-order chi connectivity index (χ0) is 16.2. The van der Waals surface area contributed by atoms with Crippen LogP contribution in [0.1, 0.15) is 25.0 Å². The van der Waals surface area contributed by atoms with Crippen molar-refractivity contribution in [2.45, 2.75) is 32.9 Å². The summed E-state index contributed by atoms with van der Waals surface area (Å²) in [6.07, 6.45) is 1.11. The lowest BCUT2D eigenvalue weighted by Crippen LogP contribution is -2.44. The van der Waals surface area contributed by atoms with E-state index in [0.717, 1.165) is 48.1 Å². The van der Waals surface area contributed by atoms with Gasteiger partial charge in [0.05, 0.1) is 6.61 Å². The van der Waals surface area contributed by atoms with Crippen LogP contribution in [0.3, 0.4) is 0 Å². The summed E-state index contributed by atoms with van der Waals surface area (Å²) in [4.78, 5) is 14.1. The Balaban J connectivity index is 1.68. The molecule has 1 saturated heterocycles. The Morgan fingerprint density at radius 1 is 1.43 bits per heavy atom. The maximum Gasteiger partial charge on any atom is 0.317 e. The van der Waals surface area contributed by atoms with Crippen LogP contribution in [0, 0.1) is 0 Å². The number of benzene rings is 1. The fraction of sp³-hybridized carbons (Fsp3) is 0.588. The van der Waals surface area contributed by atoms with Crippen molar-refractivity contribution >= 4 is 17.8 Å². The molecular formula is C17H24N2O3S. The molecule has 2 amide bonds. The van der Waals surface area contributed by atoms with E-state index in [9.17, 15) is 4.79 Å². The fourth-order valence-electron chi connectivity index (χ4n) is 2.96. The van der Waals surface area contributed by atoms with Gasteiger partial charge in [0, 0.05) is 48.7 Å². The van der Waals surface area contributed by atoms with E-state index in [1.807, 2.05) is 29.7 Å². The summed E-state index contributed by atoms with van der Waals surface area (Å²) in [5, 5.41) is 3.01. The van der Waals surface area contributed by atoms with Gasteiger partial charge in [0.15, 0.2) is 0 Å². The molecule has 1 atom stereocenters. The summed E-state index contributed by atoms with van der Waals surface area (Å²) in [5.41, 5.74) is 2.16. The maximum atomic E-state index is 12.3. The number of hydrogen-bond acceptors (Lipinski definition) is 4. The molecule has 1 N–H and O–H groups in total. The summed E-state index contributed by atoms with van der Waals surface area (Å²) >= 11 is 1.90.